The maximum absolute atomic E-state index is 2.38. The average molecular weight is 319 g/mol. The van der Waals surface area contributed by atoms with Gasteiger partial charge in [0.15, 0.2) is 0 Å². The van der Waals surface area contributed by atoms with Gasteiger partial charge in [-0.05, 0) is 72.8 Å². The quantitative estimate of drug-likeness (QED) is 0.518. The van der Waals surface area contributed by atoms with Crippen molar-refractivity contribution < 1.29 is 0 Å². The van der Waals surface area contributed by atoms with E-state index in [1.165, 1.54) is 61.6 Å². The molecule has 0 amide bonds. The van der Waals surface area contributed by atoms with Gasteiger partial charge >= 0.3 is 0 Å². The summed E-state index contributed by atoms with van der Waals surface area (Å²) in [5, 5.41) is 0. The normalized spacial score (nSPS) is 17.2. The molecule has 0 heteroatoms. The molecule has 0 aromatic heterocycles. The summed E-state index contributed by atoms with van der Waals surface area (Å²) in [5.74, 6) is 0.690. The Hall–Kier alpha value is -1.82. The minimum absolute atomic E-state index is 0.690. The first-order valence-electron chi connectivity index (χ1n) is 9.63. The Balaban J connectivity index is 1.66. The van der Waals surface area contributed by atoms with E-state index in [2.05, 4.69) is 68.5 Å². The fourth-order valence-electron chi connectivity index (χ4n) is 3.89. The zero-order chi connectivity index (χ0) is 16.8. The lowest BCUT2D eigenvalue weighted by molar-refractivity contribution is 0.584. The first kappa shape index (κ1) is 17.0. The van der Waals surface area contributed by atoms with Crippen LogP contribution in [-0.2, 0) is 19.3 Å². The van der Waals surface area contributed by atoms with E-state index in [-0.39, 0.29) is 0 Å². The molecule has 0 saturated heterocycles. The molecule has 2 aromatic rings. The smallest absolute Gasteiger partial charge is 0.0118 e. The molecular weight excluding hydrogens is 288 g/mol. The van der Waals surface area contributed by atoms with Gasteiger partial charge in [-0.2, -0.15) is 0 Å². The number of hydrogen-bond donors (Lipinski definition) is 0. The Morgan fingerprint density at radius 2 is 1.83 bits per heavy atom. The number of unbranched alkanes of at least 4 members (excludes halogenated alkanes) is 2. The summed E-state index contributed by atoms with van der Waals surface area (Å²) in [6.07, 6.45) is 13.2. The van der Waals surface area contributed by atoms with E-state index in [0.29, 0.717) is 5.92 Å². The summed E-state index contributed by atoms with van der Waals surface area (Å²) < 4.78 is 0. The lowest BCUT2D eigenvalue weighted by Gasteiger charge is -2.25. The maximum atomic E-state index is 2.38. The molecule has 1 aliphatic rings. The molecule has 0 bridgehead atoms. The lowest BCUT2D eigenvalue weighted by Crippen LogP contribution is -2.13. The highest BCUT2D eigenvalue weighted by atomic mass is 14.2. The van der Waals surface area contributed by atoms with Crippen molar-refractivity contribution in [1.29, 1.82) is 0 Å². The summed E-state index contributed by atoms with van der Waals surface area (Å²) in [7, 11) is 0. The first-order chi connectivity index (χ1) is 11.8. The molecule has 2 aromatic carbocycles. The maximum Gasteiger partial charge on any atom is -0.0118 e. The van der Waals surface area contributed by atoms with Gasteiger partial charge in [0.25, 0.3) is 0 Å². The molecule has 1 unspecified atom stereocenters. The Bertz CT molecular complexity index is 676. The zero-order valence-electron chi connectivity index (χ0n) is 15.2. The highest BCUT2D eigenvalue weighted by Crippen LogP contribution is 2.33. The topological polar surface area (TPSA) is 0 Å². The molecule has 0 nitrogen and oxygen atoms in total. The molecule has 0 radical (unpaired) electrons. The summed E-state index contributed by atoms with van der Waals surface area (Å²) in [6, 6.07) is 16.5. The van der Waals surface area contributed by atoms with Crippen LogP contribution in [0.25, 0.3) is 6.08 Å². The van der Waals surface area contributed by atoms with Gasteiger partial charge in [0.05, 0.1) is 0 Å². The van der Waals surface area contributed by atoms with Gasteiger partial charge in [-0.15, -0.1) is 0 Å². The number of rotatable bonds is 6. The van der Waals surface area contributed by atoms with E-state index in [1.54, 1.807) is 11.1 Å². The molecule has 0 fully saturated rings. The largest absolute Gasteiger partial charge is 0.0871 e. The van der Waals surface area contributed by atoms with Crippen LogP contribution in [0.4, 0.5) is 0 Å². The van der Waals surface area contributed by atoms with Gasteiger partial charge in [0.2, 0.25) is 0 Å². The van der Waals surface area contributed by atoms with Crippen LogP contribution in [0, 0.1) is 0 Å². The van der Waals surface area contributed by atoms with Crippen molar-refractivity contribution in [2.75, 3.05) is 0 Å². The van der Waals surface area contributed by atoms with Crippen LogP contribution < -0.4 is 0 Å². The van der Waals surface area contributed by atoms with E-state index in [4.69, 9.17) is 0 Å². The van der Waals surface area contributed by atoms with Gasteiger partial charge in [-0.25, -0.2) is 0 Å². The third-order valence-corrected chi connectivity index (χ3v) is 5.34. The second-order valence-electron chi connectivity index (χ2n) is 7.17. The van der Waals surface area contributed by atoms with Crippen molar-refractivity contribution in [1.82, 2.24) is 0 Å². The highest BCUT2D eigenvalue weighted by molar-refractivity contribution is 5.52. The predicted octanol–water partition coefficient (Wildman–Crippen LogP) is 6.72. The van der Waals surface area contributed by atoms with Crippen LogP contribution in [0.2, 0.25) is 0 Å². The first-order valence-corrected chi connectivity index (χ1v) is 9.63. The molecule has 3 rings (SSSR count). The minimum atomic E-state index is 0.690. The molecule has 0 aliphatic heterocycles. The van der Waals surface area contributed by atoms with Crippen LogP contribution in [0.3, 0.4) is 0 Å². The Morgan fingerprint density at radius 1 is 1.00 bits per heavy atom. The molecule has 0 N–H and O–H groups in total. The van der Waals surface area contributed by atoms with Crippen LogP contribution in [0.5, 0.6) is 0 Å². The summed E-state index contributed by atoms with van der Waals surface area (Å²) in [6.45, 7) is 4.35. The number of benzene rings is 2. The van der Waals surface area contributed by atoms with Gasteiger partial charge < -0.3 is 0 Å². The van der Waals surface area contributed by atoms with Crippen molar-refractivity contribution in [3.8, 4) is 0 Å². The summed E-state index contributed by atoms with van der Waals surface area (Å²) >= 11 is 0. The van der Waals surface area contributed by atoms with Crippen LogP contribution >= 0.6 is 0 Å². The van der Waals surface area contributed by atoms with E-state index < -0.39 is 0 Å². The lowest BCUT2D eigenvalue weighted by atomic mass is 9.79. The SMILES string of the molecule is C/C=C/c1ccc2c(c1)CCC(c1ccc(CCCCC)cc1)C2. The molecule has 0 spiro atoms. The number of hydrogen-bond acceptors (Lipinski definition) is 0. The molecule has 1 aliphatic carbocycles. The van der Waals surface area contributed by atoms with Gasteiger partial charge in [0, 0.05) is 0 Å². The predicted molar refractivity (Wildman–Crippen MR) is 106 cm³/mol. The molecule has 0 saturated carbocycles. The Morgan fingerprint density at radius 3 is 2.58 bits per heavy atom. The van der Waals surface area contributed by atoms with Gasteiger partial charge in [-0.1, -0.05) is 74.4 Å². The van der Waals surface area contributed by atoms with Gasteiger partial charge in [-0.3, -0.25) is 0 Å². The second-order valence-corrected chi connectivity index (χ2v) is 7.17. The summed E-state index contributed by atoms with van der Waals surface area (Å²) in [4.78, 5) is 0. The third-order valence-electron chi connectivity index (χ3n) is 5.34. The average Bonchev–Trinajstić information content (AvgIpc) is 2.62. The van der Waals surface area contributed by atoms with Gasteiger partial charge in [0.1, 0.15) is 0 Å². The fraction of sp³-hybridized carbons (Fsp3) is 0.417. The van der Waals surface area contributed by atoms with E-state index in [0.717, 1.165) is 0 Å². The van der Waals surface area contributed by atoms with Crippen molar-refractivity contribution in [2.45, 2.75) is 64.7 Å². The van der Waals surface area contributed by atoms with E-state index in [1.807, 2.05) is 0 Å². The van der Waals surface area contributed by atoms with E-state index in [9.17, 15) is 0 Å². The minimum Gasteiger partial charge on any atom is -0.0871 e. The van der Waals surface area contributed by atoms with E-state index >= 15 is 0 Å². The number of allylic oxidation sites excluding steroid dienone is 1. The molecular formula is C24H30. The van der Waals surface area contributed by atoms with Crippen molar-refractivity contribution in [2.24, 2.45) is 0 Å². The third kappa shape index (κ3) is 4.17. The highest BCUT2D eigenvalue weighted by Gasteiger charge is 2.20. The molecule has 1 atom stereocenters. The molecule has 126 valence electrons. The van der Waals surface area contributed by atoms with Crippen LogP contribution in [0.1, 0.15) is 73.3 Å². The Labute approximate surface area is 147 Å². The Kier molecular flexibility index (Phi) is 5.91. The fourth-order valence-corrected chi connectivity index (χ4v) is 3.89. The second kappa shape index (κ2) is 8.33. The number of fused-ring (bicyclic) bond motifs is 1. The number of aryl methyl sites for hydroxylation is 2. The monoisotopic (exact) mass is 318 g/mol. The standard InChI is InChI=1S/C24H30/c1-3-5-6-8-19-9-12-21(13-10-19)23-16-15-22-17-20(7-4-2)11-14-24(22)18-23/h4,7,9-14,17,23H,3,5-6,8,15-16,18H2,1-2H3/b7-4+. The van der Waals surface area contributed by atoms with Crippen LogP contribution in [-0.4, -0.2) is 0 Å². The van der Waals surface area contributed by atoms with Crippen molar-refractivity contribution in [3.63, 3.8) is 0 Å². The zero-order valence-corrected chi connectivity index (χ0v) is 15.2. The van der Waals surface area contributed by atoms with Crippen molar-refractivity contribution in [3.05, 3.63) is 76.4 Å². The molecule has 24 heavy (non-hydrogen) atoms. The van der Waals surface area contributed by atoms with Crippen molar-refractivity contribution >= 4 is 6.08 Å². The van der Waals surface area contributed by atoms with Crippen LogP contribution in [0.15, 0.2) is 48.5 Å². The molecule has 0 heterocycles. The summed E-state index contributed by atoms with van der Waals surface area (Å²) in [5.41, 5.74) is 7.47.